The van der Waals surface area contributed by atoms with Crippen LogP contribution in [0.15, 0.2) is 72.8 Å². The second-order valence-corrected chi connectivity index (χ2v) is 8.12. The standard InChI is InChI=1S/C26H22ClF3N2O2/c1-3-17-6-12-22(13-7-17)34-24-23(31-32(2)25(24)26(28,29)30)19-8-14-21(15-9-19)33-16-18-4-10-20(27)11-5-18/h4-15H,3,16H2,1-2H3. The summed E-state index contributed by atoms with van der Waals surface area (Å²) in [6.45, 7) is 2.33. The zero-order chi connectivity index (χ0) is 24.3. The Morgan fingerprint density at radius 2 is 1.44 bits per heavy atom. The van der Waals surface area contributed by atoms with Crippen LogP contribution in [-0.2, 0) is 26.3 Å². The molecule has 1 aromatic heterocycles. The fourth-order valence-electron chi connectivity index (χ4n) is 3.47. The van der Waals surface area contributed by atoms with Crippen LogP contribution < -0.4 is 9.47 Å². The van der Waals surface area contributed by atoms with Gasteiger partial charge in [0.15, 0.2) is 11.4 Å². The first-order valence-electron chi connectivity index (χ1n) is 10.6. The fourth-order valence-corrected chi connectivity index (χ4v) is 3.60. The summed E-state index contributed by atoms with van der Waals surface area (Å²) in [7, 11) is 1.25. The van der Waals surface area contributed by atoms with Crippen molar-refractivity contribution in [3.63, 3.8) is 0 Å². The van der Waals surface area contributed by atoms with Gasteiger partial charge in [-0.15, -0.1) is 0 Å². The molecule has 0 radical (unpaired) electrons. The van der Waals surface area contributed by atoms with Gasteiger partial charge in [-0.1, -0.05) is 42.8 Å². The molecule has 0 N–H and O–H groups in total. The van der Waals surface area contributed by atoms with Crippen LogP contribution in [0.1, 0.15) is 23.7 Å². The molecule has 0 saturated heterocycles. The lowest BCUT2D eigenvalue weighted by Crippen LogP contribution is -2.12. The summed E-state index contributed by atoms with van der Waals surface area (Å²) in [5.41, 5.74) is 1.62. The van der Waals surface area contributed by atoms with E-state index in [0.29, 0.717) is 28.7 Å². The van der Waals surface area contributed by atoms with Gasteiger partial charge in [0.2, 0.25) is 0 Å². The summed E-state index contributed by atoms with van der Waals surface area (Å²) >= 11 is 5.89. The molecule has 0 fully saturated rings. The molecule has 4 rings (SSSR count). The molecule has 0 spiro atoms. The van der Waals surface area contributed by atoms with Crippen molar-refractivity contribution in [1.29, 1.82) is 0 Å². The number of nitrogens with zero attached hydrogens (tertiary/aromatic N) is 2. The normalized spacial score (nSPS) is 11.5. The molecule has 0 aliphatic carbocycles. The number of benzene rings is 3. The zero-order valence-corrected chi connectivity index (χ0v) is 19.3. The fraction of sp³-hybridized carbons (Fsp3) is 0.192. The minimum atomic E-state index is -4.64. The number of alkyl halides is 3. The van der Waals surface area contributed by atoms with Crippen molar-refractivity contribution in [1.82, 2.24) is 9.78 Å². The lowest BCUT2D eigenvalue weighted by atomic mass is 10.1. The molecule has 1 heterocycles. The first-order chi connectivity index (χ1) is 16.2. The van der Waals surface area contributed by atoms with Crippen molar-refractivity contribution in [3.8, 4) is 28.5 Å². The van der Waals surface area contributed by atoms with Gasteiger partial charge in [-0.2, -0.15) is 18.3 Å². The lowest BCUT2D eigenvalue weighted by molar-refractivity contribution is -0.144. The largest absolute Gasteiger partial charge is 0.489 e. The first-order valence-corrected chi connectivity index (χ1v) is 11.0. The lowest BCUT2D eigenvalue weighted by Gasteiger charge is -2.12. The Labute approximate surface area is 200 Å². The molecule has 4 nitrogen and oxygen atoms in total. The maximum Gasteiger partial charge on any atom is 0.436 e. The van der Waals surface area contributed by atoms with Gasteiger partial charge in [0.1, 0.15) is 23.8 Å². The van der Waals surface area contributed by atoms with E-state index in [1.807, 2.05) is 31.2 Å². The van der Waals surface area contributed by atoms with Gasteiger partial charge in [0.05, 0.1) is 0 Å². The predicted octanol–water partition coefficient (Wildman–Crippen LogP) is 7.69. The Hall–Kier alpha value is -3.45. The second kappa shape index (κ2) is 9.81. The molecule has 0 atom stereocenters. The summed E-state index contributed by atoms with van der Waals surface area (Å²) in [5, 5.41) is 4.77. The van der Waals surface area contributed by atoms with Crippen LogP contribution in [0.3, 0.4) is 0 Å². The van der Waals surface area contributed by atoms with Gasteiger partial charge in [-0.3, -0.25) is 4.68 Å². The SMILES string of the molecule is CCc1ccc(Oc2c(-c3ccc(OCc4ccc(Cl)cc4)cc3)nn(C)c2C(F)(F)F)cc1. The third-order valence-electron chi connectivity index (χ3n) is 5.27. The van der Waals surface area contributed by atoms with E-state index in [-0.39, 0.29) is 11.4 Å². The highest BCUT2D eigenvalue weighted by molar-refractivity contribution is 6.30. The van der Waals surface area contributed by atoms with E-state index in [9.17, 15) is 13.2 Å². The third kappa shape index (κ3) is 5.37. The number of halogens is 4. The summed E-state index contributed by atoms with van der Waals surface area (Å²) in [4.78, 5) is 0. The van der Waals surface area contributed by atoms with E-state index in [2.05, 4.69) is 5.10 Å². The van der Waals surface area contributed by atoms with Crippen molar-refractivity contribution in [2.45, 2.75) is 26.1 Å². The van der Waals surface area contributed by atoms with Crippen molar-refractivity contribution >= 4 is 11.6 Å². The zero-order valence-electron chi connectivity index (χ0n) is 18.6. The summed E-state index contributed by atoms with van der Waals surface area (Å²) in [6.07, 6.45) is -3.82. The Morgan fingerprint density at radius 3 is 2.03 bits per heavy atom. The van der Waals surface area contributed by atoms with E-state index in [4.69, 9.17) is 21.1 Å². The Morgan fingerprint density at radius 1 is 0.853 bits per heavy atom. The van der Waals surface area contributed by atoms with Crippen molar-refractivity contribution in [3.05, 3.63) is 94.6 Å². The molecule has 3 aromatic carbocycles. The summed E-state index contributed by atoms with van der Waals surface area (Å²) < 4.78 is 53.8. The number of hydrogen-bond donors (Lipinski definition) is 0. The number of ether oxygens (including phenoxy) is 2. The van der Waals surface area contributed by atoms with Gasteiger partial charge in [-0.05, 0) is 66.1 Å². The molecule has 0 bridgehead atoms. The molecule has 176 valence electrons. The number of aryl methyl sites for hydroxylation is 2. The van der Waals surface area contributed by atoms with E-state index >= 15 is 0 Å². The van der Waals surface area contributed by atoms with Crippen molar-refractivity contribution in [2.24, 2.45) is 7.05 Å². The first kappa shape index (κ1) is 23.7. The van der Waals surface area contributed by atoms with Gasteiger partial charge in [0.25, 0.3) is 0 Å². The maximum absolute atomic E-state index is 13.8. The van der Waals surface area contributed by atoms with Crippen LogP contribution in [0.25, 0.3) is 11.3 Å². The Balaban J connectivity index is 1.61. The van der Waals surface area contributed by atoms with Crippen LogP contribution in [0.5, 0.6) is 17.2 Å². The molecular formula is C26H22ClF3N2O2. The predicted molar refractivity (Wildman–Crippen MR) is 125 cm³/mol. The summed E-state index contributed by atoms with van der Waals surface area (Å²) in [6, 6.07) is 20.9. The highest BCUT2D eigenvalue weighted by atomic mass is 35.5. The molecule has 0 aliphatic heterocycles. The Kier molecular flexibility index (Phi) is 6.84. The van der Waals surface area contributed by atoms with Crippen LogP contribution in [0.2, 0.25) is 5.02 Å². The smallest absolute Gasteiger partial charge is 0.436 e. The van der Waals surface area contributed by atoms with Crippen LogP contribution in [0.4, 0.5) is 13.2 Å². The van der Waals surface area contributed by atoms with Gasteiger partial charge in [0, 0.05) is 17.6 Å². The minimum absolute atomic E-state index is 0.0960. The molecule has 8 heteroatoms. The quantitative estimate of drug-likeness (QED) is 0.268. The van der Waals surface area contributed by atoms with Crippen molar-refractivity contribution < 1.29 is 22.6 Å². The van der Waals surface area contributed by atoms with E-state index in [0.717, 1.165) is 22.2 Å². The Bertz CT molecular complexity index is 1250. The highest BCUT2D eigenvalue weighted by Crippen LogP contribution is 2.43. The number of hydrogen-bond acceptors (Lipinski definition) is 3. The van der Waals surface area contributed by atoms with Crippen LogP contribution in [-0.4, -0.2) is 9.78 Å². The highest BCUT2D eigenvalue weighted by Gasteiger charge is 2.41. The summed E-state index contributed by atoms with van der Waals surface area (Å²) in [5.74, 6) is 0.539. The van der Waals surface area contributed by atoms with E-state index in [1.165, 1.54) is 7.05 Å². The van der Waals surface area contributed by atoms with Gasteiger partial charge in [-0.25, -0.2) is 0 Å². The van der Waals surface area contributed by atoms with Crippen LogP contribution in [0, 0.1) is 0 Å². The maximum atomic E-state index is 13.8. The van der Waals surface area contributed by atoms with Gasteiger partial charge >= 0.3 is 6.18 Å². The molecule has 0 aliphatic rings. The average Bonchev–Trinajstić information content (AvgIpc) is 3.15. The second-order valence-electron chi connectivity index (χ2n) is 7.69. The number of aromatic nitrogens is 2. The van der Waals surface area contributed by atoms with Crippen LogP contribution >= 0.6 is 11.6 Å². The molecule has 0 saturated carbocycles. The average molecular weight is 487 g/mol. The molecular weight excluding hydrogens is 465 g/mol. The molecule has 0 unspecified atom stereocenters. The van der Waals surface area contributed by atoms with E-state index in [1.54, 1.807) is 48.5 Å². The third-order valence-corrected chi connectivity index (χ3v) is 5.52. The molecule has 4 aromatic rings. The minimum Gasteiger partial charge on any atom is -0.489 e. The topological polar surface area (TPSA) is 36.3 Å². The molecule has 0 amide bonds. The van der Waals surface area contributed by atoms with E-state index < -0.39 is 11.9 Å². The van der Waals surface area contributed by atoms with Crippen molar-refractivity contribution in [2.75, 3.05) is 0 Å². The number of rotatable bonds is 7. The molecule has 34 heavy (non-hydrogen) atoms. The van der Waals surface area contributed by atoms with Gasteiger partial charge < -0.3 is 9.47 Å². The monoisotopic (exact) mass is 486 g/mol.